The monoisotopic (exact) mass is 345 g/mol. The Morgan fingerprint density at radius 2 is 1.96 bits per heavy atom. The summed E-state index contributed by atoms with van der Waals surface area (Å²) in [4.78, 5) is 21.9. The number of hydrazone groups is 1. The van der Waals surface area contributed by atoms with Gasteiger partial charge < -0.3 is 14.9 Å². The number of benzene rings is 2. The van der Waals surface area contributed by atoms with Crippen molar-refractivity contribution in [3.63, 3.8) is 0 Å². The number of hydrogen-bond acceptors (Lipinski definition) is 7. The molecule has 1 amide bonds. The molecule has 0 aromatic heterocycles. The maximum Gasteiger partial charge on any atom is 0.280 e. The SMILES string of the molecule is CC(Oc1ccc([N+](=O)[O-])cc1)C(=O)NN=Cc1ccc(O)cc1O. The quantitative estimate of drug-likeness (QED) is 0.416. The number of non-ortho nitro benzene ring substituents is 1. The van der Waals surface area contributed by atoms with Crippen molar-refractivity contribution >= 4 is 17.8 Å². The Morgan fingerprint density at radius 1 is 1.28 bits per heavy atom. The molecule has 1 unspecified atom stereocenters. The van der Waals surface area contributed by atoms with E-state index >= 15 is 0 Å². The number of nitrogens with zero attached hydrogens (tertiary/aromatic N) is 2. The number of carbonyl (C=O) groups is 1. The lowest BCUT2D eigenvalue weighted by molar-refractivity contribution is -0.384. The van der Waals surface area contributed by atoms with E-state index in [1.807, 2.05) is 0 Å². The lowest BCUT2D eigenvalue weighted by Gasteiger charge is -2.12. The van der Waals surface area contributed by atoms with Gasteiger partial charge in [0.15, 0.2) is 6.10 Å². The Labute approximate surface area is 142 Å². The van der Waals surface area contributed by atoms with Gasteiger partial charge in [-0.3, -0.25) is 14.9 Å². The molecule has 0 spiro atoms. The van der Waals surface area contributed by atoms with Gasteiger partial charge in [-0.15, -0.1) is 0 Å². The highest BCUT2D eigenvalue weighted by atomic mass is 16.6. The van der Waals surface area contributed by atoms with Crippen LogP contribution in [-0.2, 0) is 4.79 Å². The predicted molar refractivity (Wildman–Crippen MR) is 88.7 cm³/mol. The van der Waals surface area contributed by atoms with Crippen molar-refractivity contribution < 1.29 is 24.7 Å². The van der Waals surface area contributed by atoms with Crippen LogP contribution in [0, 0.1) is 10.1 Å². The summed E-state index contributed by atoms with van der Waals surface area (Å²) in [6.07, 6.45) is 0.317. The van der Waals surface area contributed by atoms with Gasteiger partial charge in [0.25, 0.3) is 11.6 Å². The first-order valence-electron chi connectivity index (χ1n) is 7.13. The summed E-state index contributed by atoms with van der Waals surface area (Å²) in [5.41, 5.74) is 2.47. The molecule has 0 radical (unpaired) electrons. The smallest absolute Gasteiger partial charge is 0.280 e. The van der Waals surface area contributed by atoms with Crippen LogP contribution in [0.25, 0.3) is 0 Å². The number of carbonyl (C=O) groups excluding carboxylic acids is 1. The van der Waals surface area contributed by atoms with Crippen LogP contribution in [-0.4, -0.2) is 33.4 Å². The highest BCUT2D eigenvalue weighted by molar-refractivity contribution is 5.86. The molecule has 3 N–H and O–H groups in total. The van der Waals surface area contributed by atoms with E-state index in [2.05, 4.69) is 10.5 Å². The fourth-order valence-electron chi connectivity index (χ4n) is 1.80. The molecule has 0 aliphatic heterocycles. The molecular weight excluding hydrogens is 330 g/mol. The normalized spacial score (nSPS) is 11.9. The number of aromatic hydroxyl groups is 2. The number of nitrogens with one attached hydrogen (secondary N) is 1. The molecule has 130 valence electrons. The number of phenols is 2. The van der Waals surface area contributed by atoms with E-state index in [-0.39, 0.29) is 17.2 Å². The largest absolute Gasteiger partial charge is 0.508 e. The number of ether oxygens (including phenoxy) is 1. The first-order chi connectivity index (χ1) is 11.9. The van der Waals surface area contributed by atoms with E-state index in [0.717, 1.165) is 6.07 Å². The highest BCUT2D eigenvalue weighted by Gasteiger charge is 2.14. The Balaban J connectivity index is 1.91. The molecule has 2 rings (SSSR count). The van der Waals surface area contributed by atoms with Gasteiger partial charge in [-0.25, -0.2) is 5.43 Å². The summed E-state index contributed by atoms with van der Waals surface area (Å²) < 4.78 is 5.36. The van der Waals surface area contributed by atoms with Gasteiger partial charge in [-0.2, -0.15) is 5.10 Å². The molecule has 0 aliphatic carbocycles. The van der Waals surface area contributed by atoms with Crippen LogP contribution >= 0.6 is 0 Å². The molecule has 0 fully saturated rings. The zero-order valence-corrected chi connectivity index (χ0v) is 13.1. The fourth-order valence-corrected chi connectivity index (χ4v) is 1.80. The van der Waals surface area contributed by atoms with Gasteiger partial charge >= 0.3 is 0 Å². The van der Waals surface area contributed by atoms with E-state index in [1.165, 1.54) is 49.5 Å². The van der Waals surface area contributed by atoms with Gasteiger partial charge in [0, 0.05) is 23.8 Å². The van der Waals surface area contributed by atoms with Gasteiger partial charge in [0.05, 0.1) is 11.1 Å². The molecule has 9 heteroatoms. The maximum absolute atomic E-state index is 11.9. The molecular formula is C16H15N3O6. The molecule has 0 saturated carbocycles. The first kappa shape index (κ1) is 17.7. The minimum atomic E-state index is -0.896. The average molecular weight is 345 g/mol. The zero-order chi connectivity index (χ0) is 18.4. The number of amides is 1. The third-order valence-corrected chi connectivity index (χ3v) is 3.12. The second-order valence-electron chi connectivity index (χ2n) is 4.99. The summed E-state index contributed by atoms with van der Waals surface area (Å²) in [6, 6.07) is 9.25. The highest BCUT2D eigenvalue weighted by Crippen LogP contribution is 2.21. The predicted octanol–water partition coefficient (Wildman–Crippen LogP) is 1.92. The van der Waals surface area contributed by atoms with Crippen molar-refractivity contribution in [2.75, 3.05) is 0 Å². The van der Waals surface area contributed by atoms with Crippen molar-refractivity contribution in [1.29, 1.82) is 0 Å². The van der Waals surface area contributed by atoms with Crippen LogP contribution in [0.5, 0.6) is 17.2 Å². The Hall–Kier alpha value is -3.62. The van der Waals surface area contributed by atoms with Crippen LogP contribution in [0.1, 0.15) is 12.5 Å². The Kier molecular flexibility index (Phi) is 5.51. The summed E-state index contributed by atoms with van der Waals surface area (Å²) in [6.45, 7) is 1.49. The molecule has 2 aromatic carbocycles. The summed E-state index contributed by atoms with van der Waals surface area (Å²) in [7, 11) is 0. The standard InChI is InChI=1S/C16H15N3O6/c1-10(25-14-6-3-12(4-7-14)19(23)24)16(22)18-17-9-11-2-5-13(20)8-15(11)21/h2-10,20-21H,1H3,(H,18,22). The Bertz CT molecular complexity index is 804. The first-order valence-corrected chi connectivity index (χ1v) is 7.13. The summed E-state index contributed by atoms with van der Waals surface area (Å²) in [5, 5.41) is 33.0. The average Bonchev–Trinajstić information content (AvgIpc) is 2.57. The lowest BCUT2D eigenvalue weighted by Crippen LogP contribution is -2.33. The van der Waals surface area contributed by atoms with Crippen LogP contribution in [0.2, 0.25) is 0 Å². The zero-order valence-electron chi connectivity index (χ0n) is 13.1. The Morgan fingerprint density at radius 3 is 2.56 bits per heavy atom. The molecule has 0 saturated heterocycles. The minimum absolute atomic E-state index is 0.0808. The van der Waals surface area contributed by atoms with E-state index < -0.39 is 16.9 Å². The molecule has 2 aromatic rings. The number of rotatable bonds is 6. The van der Waals surface area contributed by atoms with Crippen LogP contribution < -0.4 is 10.2 Å². The molecule has 0 aliphatic rings. The minimum Gasteiger partial charge on any atom is -0.508 e. The van der Waals surface area contributed by atoms with Gasteiger partial charge in [-0.1, -0.05) is 0 Å². The van der Waals surface area contributed by atoms with Crippen molar-refractivity contribution in [2.45, 2.75) is 13.0 Å². The number of hydrogen-bond donors (Lipinski definition) is 3. The second-order valence-corrected chi connectivity index (χ2v) is 4.99. The van der Waals surface area contributed by atoms with Crippen molar-refractivity contribution in [3.8, 4) is 17.2 Å². The lowest BCUT2D eigenvalue weighted by atomic mass is 10.2. The number of nitro benzene ring substituents is 1. The number of nitro groups is 1. The summed E-state index contributed by atoms with van der Waals surface area (Å²) >= 11 is 0. The maximum atomic E-state index is 11.9. The molecule has 0 heterocycles. The topological polar surface area (TPSA) is 134 Å². The van der Waals surface area contributed by atoms with Gasteiger partial charge in [0.1, 0.15) is 17.2 Å². The third kappa shape index (κ3) is 4.93. The van der Waals surface area contributed by atoms with Crippen molar-refractivity contribution in [1.82, 2.24) is 5.43 Å². The van der Waals surface area contributed by atoms with E-state index in [0.29, 0.717) is 11.3 Å². The summed E-state index contributed by atoms with van der Waals surface area (Å²) in [5.74, 6) is -0.529. The van der Waals surface area contributed by atoms with E-state index in [9.17, 15) is 25.1 Å². The van der Waals surface area contributed by atoms with Crippen molar-refractivity contribution in [3.05, 3.63) is 58.1 Å². The van der Waals surface area contributed by atoms with Gasteiger partial charge in [0.2, 0.25) is 0 Å². The molecule has 0 bridgehead atoms. The van der Waals surface area contributed by atoms with Crippen LogP contribution in [0.4, 0.5) is 5.69 Å². The number of phenolic OH excluding ortho intramolecular Hbond substituents is 2. The fraction of sp³-hybridized carbons (Fsp3) is 0.125. The van der Waals surface area contributed by atoms with Crippen LogP contribution in [0.15, 0.2) is 47.6 Å². The molecule has 25 heavy (non-hydrogen) atoms. The van der Waals surface area contributed by atoms with Gasteiger partial charge in [-0.05, 0) is 31.2 Å². The molecule has 9 nitrogen and oxygen atoms in total. The van der Waals surface area contributed by atoms with E-state index in [1.54, 1.807) is 0 Å². The second kappa shape index (κ2) is 7.77. The third-order valence-electron chi connectivity index (χ3n) is 3.12. The molecule has 1 atom stereocenters. The van der Waals surface area contributed by atoms with Crippen molar-refractivity contribution in [2.24, 2.45) is 5.10 Å². The van der Waals surface area contributed by atoms with E-state index in [4.69, 9.17) is 4.74 Å². The van der Waals surface area contributed by atoms with Crippen LogP contribution in [0.3, 0.4) is 0 Å².